The number of anilines is 1. The first-order valence-corrected chi connectivity index (χ1v) is 8.30. The number of hydrogen-bond acceptors (Lipinski definition) is 4. The minimum absolute atomic E-state index is 0.302. The van der Waals surface area contributed by atoms with Gasteiger partial charge in [0.25, 0.3) is 0 Å². The highest BCUT2D eigenvalue weighted by Crippen LogP contribution is 2.25. The van der Waals surface area contributed by atoms with E-state index in [9.17, 15) is 0 Å². The first-order chi connectivity index (χ1) is 12.0. The fourth-order valence-corrected chi connectivity index (χ4v) is 2.71. The van der Waals surface area contributed by atoms with Gasteiger partial charge in [-0.2, -0.15) is 5.10 Å². The molecule has 0 saturated carbocycles. The number of hydrogen-bond donors (Lipinski definition) is 1. The van der Waals surface area contributed by atoms with Crippen LogP contribution in [0, 0.1) is 6.92 Å². The van der Waals surface area contributed by atoms with Crippen molar-refractivity contribution in [2.75, 3.05) is 5.73 Å². The lowest BCUT2D eigenvalue weighted by Gasteiger charge is -2.09. The van der Waals surface area contributed by atoms with E-state index in [2.05, 4.69) is 10.1 Å². The van der Waals surface area contributed by atoms with Gasteiger partial charge in [-0.15, -0.1) is 0 Å². The Balaban J connectivity index is 1.65. The van der Waals surface area contributed by atoms with Gasteiger partial charge in [0, 0.05) is 15.6 Å². The number of aromatic nitrogens is 2. The number of benzene rings is 2. The monoisotopic (exact) mass is 374 g/mol. The Bertz CT molecular complexity index is 884. The molecule has 25 heavy (non-hydrogen) atoms. The normalized spacial score (nSPS) is 11.2. The van der Waals surface area contributed by atoms with E-state index in [4.69, 9.17) is 33.7 Å². The first kappa shape index (κ1) is 17.3. The molecule has 0 unspecified atom stereocenters. The molecule has 128 valence electrons. The second-order valence-corrected chi connectivity index (χ2v) is 6.20. The highest BCUT2D eigenvalue weighted by Gasteiger charge is 2.06. The number of imidazole rings is 1. The van der Waals surface area contributed by atoms with E-state index in [0.29, 0.717) is 28.3 Å². The standard InChI is InChI=1S/C18H16Cl2N4O/c1-12-10-24(18(21)23-12)22-9-13-5-7-14(8-6-13)25-11-15-16(19)3-2-4-17(15)20/h2-10H,11H2,1H3,(H2,21,23). The quantitative estimate of drug-likeness (QED) is 0.666. The van der Waals surface area contributed by atoms with E-state index in [1.807, 2.05) is 31.2 Å². The molecule has 0 aliphatic carbocycles. The van der Waals surface area contributed by atoms with Crippen LogP contribution in [-0.2, 0) is 6.61 Å². The van der Waals surface area contributed by atoms with Crippen LogP contribution in [0.1, 0.15) is 16.8 Å². The zero-order valence-electron chi connectivity index (χ0n) is 13.5. The Morgan fingerprint density at radius 2 is 1.84 bits per heavy atom. The number of nitrogen functional groups attached to an aromatic ring is 1. The van der Waals surface area contributed by atoms with Crippen molar-refractivity contribution < 1.29 is 4.74 Å². The molecule has 0 fully saturated rings. The van der Waals surface area contributed by atoms with Gasteiger partial charge in [0.05, 0.1) is 18.1 Å². The fourth-order valence-electron chi connectivity index (χ4n) is 2.20. The maximum atomic E-state index is 6.14. The second kappa shape index (κ2) is 7.59. The Labute approximate surface area is 155 Å². The van der Waals surface area contributed by atoms with Gasteiger partial charge in [-0.3, -0.25) is 0 Å². The largest absolute Gasteiger partial charge is 0.489 e. The first-order valence-electron chi connectivity index (χ1n) is 7.54. The SMILES string of the molecule is Cc1cn(N=Cc2ccc(OCc3c(Cl)cccc3Cl)cc2)c(N)n1. The Morgan fingerprint density at radius 1 is 1.16 bits per heavy atom. The van der Waals surface area contributed by atoms with E-state index < -0.39 is 0 Å². The van der Waals surface area contributed by atoms with Gasteiger partial charge in [-0.05, 0) is 48.9 Å². The molecule has 0 radical (unpaired) electrons. The number of rotatable bonds is 5. The van der Waals surface area contributed by atoms with Crippen LogP contribution in [0.4, 0.5) is 5.95 Å². The van der Waals surface area contributed by atoms with Gasteiger partial charge in [-0.1, -0.05) is 29.3 Å². The fraction of sp³-hybridized carbons (Fsp3) is 0.111. The maximum Gasteiger partial charge on any atom is 0.221 e. The van der Waals surface area contributed by atoms with Gasteiger partial charge < -0.3 is 10.5 Å². The van der Waals surface area contributed by atoms with E-state index >= 15 is 0 Å². The molecule has 0 aliphatic rings. The lowest BCUT2D eigenvalue weighted by atomic mass is 10.2. The topological polar surface area (TPSA) is 65.4 Å². The van der Waals surface area contributed by atoms with Crippen molar-refractivity contribution in [3.63, 3.8) is 0 Å². The summed E-state index contributed by atoms with van der Waals surface area (Å²) in [6, 6.07) is 12.9. The highest BCUT2D eigenvalue weighted by molar-refractivity contribution is 6.35. The van der Waals surface area contributed by atoms with Crippen LogP contribution >= 0.6 is 23.2 Å². The molecule has 1 heterocycles. The summed E-state index contributed by atoms with van der Waals surface area (Å²) in [5, 5.41) is 5.45. The second-order valence-electron chi connectivity index (χ2n) is 5.39. The molecule has 0 spiro atoms. The summed E-state index contributed by atoms with van der Waals surface area (Å²) in [4.78, 5) is 4.09. The lowest BCUT2D eigenvalue weighted by Crippen LogP contribution is -1.98. The van der Waals surface area contributed by atoms with Crippen molar-refractivity contribution in [3.05, 3.63) is 75.5 Å². The number of aryl methyl sites for hydroxylation is 1. The number of ether oxygens (including phenoxy) is 1. The molecular weight excluding hydrogens is 359 g/mol. The van der Waals surface area contributed by atoms with Crippen LogP contribution in [0.2, 0.25) is 10.0 Å². The molecule has 0 bridgehead atoms. The van der Waals surface area contributed by atoms with Gasteiger partial charge in [0.15, 0.2) is 0 Å². The predicted octanol–water partition coefficient (Wildman–Crippen LogP) is 4.54. The van der Waals surface area contributed by atoms with Gasteiger partial charge in [-0.25, -0.2) is 9.66 Å². The van der Waals surface area contributed by atoms with E-state index in [1.54, 1.807) is 30.6 Å². The molecule has 3 rings (SSSR count). The Morgan fingerprint density at radius 3 is 2.44 bits per heavy atom. The van der Waals surface area contributed by atoms with Crippen LogP contribution < -0.4 is 10.5 Å². The third kappa shape index (κ3) is 4.32. The van der Waals surface area contributed by atoms with Crippen molar-refractivity contribution in [2.45, 2.75) is 13.5 Å². The summed E-state index contributed by atoms with van der Waals surface area (Å²) in [5.41, 5.74) is 8.24. The molecule has 3 aromatic rings. The molecule has 0 aliphatic heterocycles. The van der Waals surface area contributed by atoms with Crippen LogP contribution in [0.5, 0.6) is 5.75 Å². The van der Waals surface area contributed by atoms with Gasteiger partial charge in [0.2, 0.25) is 5.95 Å². The van der Waals surface area contributed by atoms with Crippen LogP contribution in [0.3, 0.4) is 0 Å². The van der Waals surface area contributed by atoms with Crippen LogP contribution in [0.25, 0.3) is 0 Å². The molecule has 1 aromatic heterocycles. The molecule has 0 atom stereocenters. The van der Waals surface area contributed by atoms with Crippen molar-refractivity contribution in [3.8, 4) is 5.75 Å². The summed E-state index contributed by atoms with van der Waals surface area (Å²) in [6.45, 7) is 2.16. The van der Waals surface area contributed by atoms with E-state index in [1.165, 1.54) is 4.68 Å². The van der Waals surface area contributed by atoms with E-state index in [-0.39, 0.29) is 0 Å². The van der Waals surface area contributed by atoms with Gasteiger partial charge in [0.1, 0.15) is 12.4 Å². The molecule has 0 saturated heterocycles. The molecular formula is C18H16Cl2N4O. The maximum absolute atomic E-state index is 6.14. The zero-order valence-corrected chi connectivity index (χ0v) is 15.0. The summed E-state index contributed by atoms with van der Waals surface area (Å²) >= 11 is 12.3. The average molecular weight is 375 g/mol. The summed E-state index contributed by atoms with van der Waals surface area (Å²) in [7, 11) is 0. The predicted molar refractivity (Wildman–Crippen MR) is 102 cm³/mol. The van der Waals surface area contributed by atoms with Crippen LogP contribution in [-0.4, -0.2) is 15.9 Å². The third-order valence-corrected chi connectivity index (χ3v) is 4.20. The minimum atomic E-state index is 0.302. The average Bonchev–Trinajstić information content (AvgIpc) is 2.91. The summed E-state index contributed by atoms with van der Waals surface area (Å²) in [5.74, 6) is 1.07. The Kier molecular flexibility index (Phi) is 5.26. The van der Waals surface area contributed by atoms with Gasteiger partial charge >= 0.3 is 0 Å². The molecule has 2 aromatic carbocycles. The molecule has 2 N–H and O–H groups in total. The molecule has 7 heteroatoms. The van der Waals surface area contributed by atoms with Crippen molar-refractivity contribution in [1.29, 1.82) is 0 Å². The molecule has 0 amide bonds. The molecule has 5 nitrogen and oxygen atoms in total. The summed E-state index contributed by atoms with van der Waals surface area (Å²) < 4.78 is 7.27. The number of nitrogens with zero attached hydrogens (tertiary/aromatic N) is 3. The number of halogens is 2. The van der Waals surface area contributed by atoms with Crippen LogP contribution in [0.15, 0.2) is 53.8 Å². The minimum Gasteiger partial charge on any atom is -0.489 e. The van der Waals surface area contributed by atoms with Crippen molar-refractivity contribution in [2.24, 2.45) is 5.10 Å². The lowest BCUT2D eigenvalue weighted by molar-refractivity contribution is 0.306. The van der Waals surface area contributed by atoms with Crippen molar-refractivity contribution >= 4 is 35.4 Å². The smallest absolute Gasteiger partial charge is 0.221 e. The zero-order chi connectivity index (χ0) is 17.8. The summed E-state index contributed by atoms with van der Waals surface area (Å²) in [6.07, 6.45) is 3.46. The van der Waals surface area contributed by atoms with Crippen molar-refractivity contribution in [1.82, 2.24) is 9.66 Å². The van der Waals surface area contributed by atoms with E-state index in [0.717, 1.165) is 16.8 Å². The third-order valence-electron chi connectivity index (χ3n) is 3.49. The number of nitrogens with two attached hydrogens (primary N) is 1. The highest BCUT2D eigenvalue weighted by atomic mass is 35.5. The Hall–Kier alpha value is -2.50.